The van der Waals surface area contributed by atoms with Gasteiger partial charge in [0.25, 0.3) is 0 Å². The zero-order valence-corrected chi connectivity index (χ0v) is 4.38. The molecule has 0 N–H and O–H groups in total. The normalized spacial score (nSPS) is 3.86. The summed E-state index contributed by atoms with van der Waals surface area (Å²) in [6, 6.07) is 0. The van der Waals surface area contributed by atoms with Crippen molar-refractivity contribution < 1.29 is 0 Å². The van der Waals surface area contributed by atoms with E-state index in [-0.39, 0.29) is 0 Å². The van der Waals surface area contributed by atoms with Crippen LogP contribution in [0.25, 0.3) is 0 Å². The molecule has 0 fully saturated rings. The summed E-state index contributed by atoms with van der Waals surface area (Å²) >= 11 is 4.29. The molecule has 1 heteroatoms. The molecule has 0 nitrogen and oxygen atoms in total. The number of thiocarbonyl (C=S) groups is 1. The Hall–Kier alpha value is -1.01. The van der Waals surface area contributed by atoms with Gasteiger partial charge in [0.2, 0.25) is 0 Å². The third kappa shape index (κ3) is 4.99. The van der Waals surface area contributed by atoms with Crippen molar-refractivity contribution in [2.24, 2.45) is 0 Å². The molecular weight excluding hydrogens is 104 g/mol. The summed E-state index contributed by atoms with van der Waals surface area (Å²) in [7, 11) is 0. The minimum atomic E-state index is 1.40. The molecule has 0 saturated heterocycles. The highest BCUT2D eigenvalue weighted by Gasteiger charge is 1.46. The first kappa shape index (κ1) is 5.99. The molecule has 0 aliphatic carbocycles. The molecular formula is C6H2S. The van der Waals surface area contributed by atoms with E-state index < -0.39 is 0 Å². The third-order valence-electron chi connectivity index (χ3n) is 0.275. The summed E-state index contributed by atoms with van der Waals surface area (Å²) < 4.78 is 0. The van der Waals surface area contributed by atoms with Gasteiger partial charge in [-0.05, 0) is 29.1 Å². The molecule has 0 saturated carbocycles. The lowest BCUT2D eigenvalue weighted by atomic mass is 10.6. The molecule has 0 amide bonds. The van der Waals surface area contributed by atoms with Crippen LogP contribution in [0.2, 0.25) is 0 Å². The van der Waals surface area contributed by atoms with Crippen molar-refractivity contribution in [2.45, 2.75) is 0 Å². The quantitative estimate of drug-likeness (QED) is 0.325. The molecule has 0 aromatic rings. The molecule has 32 valence electrons. The zero-order valence-electron chi connectivity index (χ0n) is 3.56. The summed E-state index contributed by atoms with van der Waals surface area (Å²) in [5.41, 5.74) is 0. The van der Waals surface area contributed by atoms with Gasteiger partial charge in [-0.3, -0.25) is 0 Å². The fraction of sp³-hybridized carbons (Fsp3) is 0. The van der Waals surface area contributed by atoms with Gasteiger partial charge < -0.3 is 0 Å². The Balaban J connectivity index is 3.75. The minimum absolute atomic E-state index is 1.40. The fourth-order valence-electron chi connectivity index (χ4n) is 0.107. The summed E-state index contributed by atoms with van der Waals surface area (Å²) in [6.07, 6.45) is 6.16. The molecule has 0 aliphatic heterocycles. The molecule has 7 heavy (non-hydrogen) atoms. The number of allylic oxidation sites excluding steroid dienone is 1. The molecule has 0 aromatic heterocycles. The highest BCUT2D eigenvalue weighted by atomic mass is 32.1. The van der Waals surface area contributed by atoms with Crippen molar-refractivity contribution in [3.05, 3.63) is 6.08 Å². The van der Waals surface area contributed by atoms with Crippen LogP contribution in [0, 0.1) is 24.2 Å². The Labute approximate surface area is 48.2 Å². The van der Waals surface area contributed by atoms with Crippen LogP contribution in [-0.2, 0) is 0 Å². The first-order valence-electron chi connectivity index (χ1n) is 1.57. The van der Waals surface area contributed by atoms with Gasteiger partial charge in [-0.25, -0.2) is 0 Å². The molecule has 0 rings (SSSR count). The maximum absolute atomic E-state index is 4.76. The van der Waals surface area contributed by atoms with Crippen LogP contribution in [0.1, 0.15) is 0 Å². The van der Waals surface area contributed by atoms with E-state index in [1.807, 2.05) is 0 Å². The minimum Gasteiger partial charge on any atom is -0.106 e. The Morgan fingerprint density at radius 3 is 2.71 bits per heavy atom. The van der Waals surface area contributed by atoms with Crippen LogP contribution < -0.4 is 0 Å². The Morgan fingerprint density at radius 1 is 1.57 bits per heavy atom. The van der Waals surface area contributed by atoms with E-state index in [9.17, 15) is 0 Å². The zero-order chi connectivity index (χ0) is 5.54. The predicted molar refractivity (Wildman–Crippen MR) is 33.8 cm³/mol. The topological polar surface area (TPSA) is 0 Å². The summed E-state index contributed by atoms with van der Waals surface area (Å²) in [5.74, 6) is 6.92. The highest BCUT2D eigenvalue weighted by Crippen LogP contribution is 1.52. The van der Waals surface area contributed by atoms with Crippen LogP contribution in [0.5, 0.6) is 0 Å². The largest absolute Gasteiger partial charge is 0.106 e. The second-order valence-electron chi connectivity index (χ2n) is 0.676. The summed E-state index contributed by atoms with van der Waals surface area (Å²) in [5, 5.41) is 2.29. The van der Waals surface area contributed by atoms with E-state index in [1.165, 1.54) is 6.08 Å². The van der Waals surface area contributed by atoms with Gasteiger partial charge in [-0.1, -0.05) is 5.92 Å². The monoisotopic (exact) mass is 106 g/mol. The average Bonchev–Trinajstić information content (AvgIpc) is 1.69. The van der Waals surface area contributed by atoms with E-state index >= 15 is 0 Å². The van der Waals surface area contributed by atoms with Gasteiger partial charge in [0, 0.05) is 6.08 Å². The Morgan fingerprint density at radius 2 is 2.29 bits per heavy atom. The van der Waals surface area contributed by atoms with Crippen LogP contribution >= 0.6 is 12.2 Å². The van der Waals surface area contributed by atoms with Crippen LogP contribution in [0.4, 0.5) is 0 Å². The van der Waals surface area contributed by atoms with E-state index in [0.29, 0.717) is 0 Å². The van der Waals surface area contributed by atoms with E-state index in [0.717, 1.165) is 0 Å². The van der Waals surface area contributed by atoms with Crippen LogP contribution in [0.3, 0.4) is 0 Å². The highest BCUT2D eigenvalue weighted by molar-refractivity contribution is 7.78. The van der Waals surface area contributed by atoms with Crippen molar-refractivity contribution >= 4 is 17.2 Å². The van der Waals surface area contributed by atoms with Gasteiger partial charge >= 0.3 is 0 Å². The van der Waals surface area contributed by atoms with Crippen molar-refractivity contribution in [1.82, 2.24) is 0 Å². The van der Waals surface area contributed by atoms with Crippen LogP contribution in [0.15, 0.2) is 6.08 Å². The van der Waals surface area contributed by atoms with Crippen molar-refractivity contribution in [3.8, 4) is 24.2 Å². The average molecular weight is 106 g/mol. The first-order valence-corrected chi connectivity index (χ1v) is 1.98. The number of rotatable bonds is 0. The molecule has 0 bridgehead atoms. The van der Waals surface area contributed by atoms with E-state index in [4.69, 9.17) is 6.42 Å². The molecule has 0 unspecified atom stereocenters. The van der Waals surface area contributed by atoms with Gasteiger partial charge in [0.1, 0.15) is 0 Å². The van der Waals surface area contributed by atoms with Crippen molar-refractivity contribution in [3.63, 3.8) is 0 Å². The lowest BCUT2D eigenvalue weighted by Crippen LogP contribution is -1.45. The molecule has 0 aromatic carbocycles. The van der Waals surface area contributed by atoms with Gasteiger partial charge in [-0.2, -0.15) is 0 Å². The Kier molecular flexibility index (Phi) is 4.27. The number of hydrogen-bond acceptors (Lipinski definition) is 1. The van der Waals surface area contributed by atoms with E-state index in [2.05, 4.69) is 35.0 Å². The summed E-state index contributed by atoms with van der Waals surface area (Å²) in [4.78, 5) is 0. The van der Waals surface area contributed by atoms with Crippen LogP contribution in [-0.4, -0.2) is 5.02 Å². The van der Waals surface area contributed by atoms with Crippen molar-refractivity contribution in [1.29, 1.82) is 0 Å². The third-order valence-corrected chi connectivity index (χ3v) is 0.393. The molecule has 0 spiro atoms. The lowest BCUT2D eigenvalue weighted by Gasteiger charge is -1.48. The fourth-order valence-corrected chi connectivity index (χ4v) is 0.166. The van der Waals surface area contributed by atoms with Gasteiger partial charge in [0.05, 0.1) is 0 Å². The maximum atomic E-state index is 4.76. The smallest absolute Gasteiger partial charge is 0.0428 e. The lowest BCUT2D eigenvalue weighted by molar-refractivity contribution is 2.38. The second kappa shape index (κ2) is 4.99. The second-order valence-corrected chi connectivity index (χ2v) is 0.912. The maximum Gasteiger partial charge on any atom is 0.0428 e. The van der Waals surface area contributed by atoms with Crippen molar-refractivity contribution in [2.75, 3.05) is 0 Å². The molecule has 0 heterocycles. The van der Waals surface area contributed by atoms with E-state index in [1.54, 1.807) is 0 Å². The Bertz CT molecular complexity index is 178. The van der Waals surface area contributed by atoms with Gasteiger partial charge in [-0.15, -0.1) is 6.42 Å². The predicted octanol–water partition coefficient (Wildman–Crippen LogP) is 0.778. The first-order chi connectivity index (χ1) is 3.41. The number of hydrogen-bond donors (Lipinski definition) is 0. The molecule has 0 aliphatic rings. The summed E-state index contributed by atoms with van der Waals surface area (Å²) in [6.45, 7) is 0. The number of terminal acetylenes is 1. The van der Waals surface area contributed by atoms with Gasteiger partial charge in [0.15, 0.2) is 0 Å². The molecule has 0 atom stereocenters. The standard InChI is InChI=1S/C6H2S/c1-2-3-4-5-6-7/h1,5H. The SMILES string of the molecule is C#CC#CC=C=S. The molecule has 0 radical (unpaired) electrons.